The van der Waals surface area contributed by atoms with Gasteiger partial charge in [-0.2, -0.15) is 0 Å². The molecule has 1 aromatic carbocycles. The predicted octanol–water partition coefficient (Wildman–Crippen LogP) is 3.62. The molecule has 1 aromatic rings. The van der Waals surface area contributed by atoms with E-state index >= 15 is 0 Å². The molecule has 2 rings (SSSR count). The van der Waals surface area contributed by atoms with Crippen molar-refractivity contribution in [1.82, 2.24) is 5.32 Å². The average molecular weight is 391 g/mol. The third-order valence-electron chi connectivity index (χ3n) is 4.88. The summed E-state index contributed by atoms with van der Waals surface area (Å²) in [5, 5.41) is 11.4. The molecule has 0 spiro atoms. The quantitative estimate of drug-likeness (QED) is 0.518. The Morgan fingerprint density at radius 3 is 2.29 bits per heavy atom. The summed E-state index contributed by atoms with van der Waals surface area (Å²) < 4.78 is 10.4. The number of carbonyl (C=O) groups excluding carboxylic acids is 2. The van der Waals surface area contributed by atoms with Gasteiger partial charge in [0.1, 0.15) is 13.2 Å². The summed E-state index contributed by atoms with van der Waals surface area (Å²) in [6, 6.07) is 6.07. The van der Waals surface area contributed by atoms with Crippen molar-refractivity contribution in [1.29, 1.82) is 0 Å². The van der Waals surface area contributed by atoms with Crippen LogP contribution < -0.4 is 5.32 Å². The molecule has 0 saturated heterocycles. The summed E-state index contributed by atoms with van der Waals surface area (Å²) in [6.07, 6.45) is 1.01. The number of esters is 1. The Morgan fingerprint density at radius 2 is 1.79 bits per heavy atom. The SMILES string of the molecule is CC1CC1(CC(C)(C)C)C(=O)OCCNC(=O)OCc1ccc(C(=O)O)cc1. The highest BCUT2D eigenvalue weighted by atomic mass is 16.6. The smallest absolute Gasteiger partial charge is 0.407 e. The van der Waals surface area contributed by atoms with E-state index < -0.39 is 12.1 Å². The van der Waals surface area contributed by atoms with Gasteiger partial charge in [0.2, 0.25) is 0 Å². The van der Waals surface area contributed by atoms with E-state index in [-0.39, 0.29) is 42.1 Å². The van der Waals surface area contributed by atoms with E-state index in [4.69, 9.17) is 14.6 Å². The molecular weight excluding hydrogens is 362 g/mol. The predicted molar refractivity (Wildman–Crippen MR) is 103 cm³/mol. The first-order valence-electron chi connectivity index (χ1n) is 9.43. The number of carbonyl (C=O) groups is 3. The number of carboxylic acid groups (broad SMARTS) is 1. The van der Waals surface area contributed by atoms with Gasteiger partial charge >= 0.3 is 18.0 Å². The number of hydrogen-bond donors (Lipinski definition) is 2. The van der Waals surface area contributed by atoms with E-state index in [1.54, 1.807) is 12.1 Å². The molecule has 1 amide bonds. The van der Waals surface area contributed by atoms with Crippen LogP contribution in [0.5, 0.6) is 0 Å². The first-order chi connectivity index (χ1) is 13.0. The van der Waals surface area contributed by atoms with Crippen LogP contribution in [0.3, 0.4) is 0 Å². The van der Waals surface area contributed by atoms with Crippen LogP contribution in [-0.2, 0) is 20.9 Å². The number of alkyl carbamates (subject to hydrolysis) is 1. The maximum atomic E-state index is 12.4. The number of amides is 1. The normalized spacial score (nSPS) is 20.9. The Kier molecular flexibility index (Phi) is 6.69. The Hall–Kier alpha value is -2.57. The lowest BCUT2D eigenvalue weighted by molar-refractivity contribution is -0.152. The second kappa shape index (κ2) is 8.63. The van der Waals surface area contributed by atoms with Crippen molar-refractivity contribution in [3.8, 4) is 0 Å². The second-order valence-corrected chi connectivity index (χ2v) is 8.64. The van der Waals surface area contributed by atoms with Crippen molar-refractivity contribution < 1.29 is 29.0 Å². The Labute approximate surface area is 165 Å². The molecule has 2 N–H and O–H groups in total. The van der Waals surface area contributed by atoms with Crippen molar-refractivity contribution in [3.63, 3.8) is 0 Å². The molecule has 0 aliphatic heterocycles. The lowest BCUT2D eigenvalue weighted by Crippen LogP contribution is -2.31. The minimum atomic E-state index is -1.01. The lowest BCUT2D eigenvalue weighted by Gasteiger charge is -2.25. The van der Waals surface area contributed by atoms with Gasteiger partial charge in [-0.15, -0.1) is 0 Å². The number of rotatable bonds is 8. The average Bonchev–Trinajstić information content (AvgIpc) is 3.25. The van der Waals surface area contributed by atoms with Crippen LogP contribution >= 0.6 is 0 Å². The fourth-order valence-electron chi connectivity index (χ4n) is 3.42. The van der Waals surface area contributed by atoms with Gasteiger partial charge in [-0.3, -0.25) is 4.79 Å². The van der Waals surface area contributed by atoms with Crippen LogP contribution in [0.25, 0.3) is 0 Å². The second-order valence-electron chi connectivity index (χ2n) is 8.64. The van der Waals surface area contributed by atoms with Crippen LogP contribution in [0.2, 0.25) is 0 Å². The summed E-state index contributed by atoms with van der Waals surface area (Å²) in [6.45, 7) is 8.69. The van der Waals surface area contributed by atoms with Gasteiger partial charge < -0.3 is 19.9 Å². The summed E-state index contributed by atoms with van der Waals surface area (Å²) in [7, 11) is 0. The first kappa shape index (κ1) is 21.7. The summed E-state index contributed by atoms with van der Waals surface area (Å²) in [5.74, 6) is -0.877. The fourth-order valence-corrected chi connectivity index (χ4v) is 3.42. The van der Waals surface area contributed by atoms with Gasteiger partial charge in [0.15, 0.2) is 0 Å². The molecule has 28 heavy (non-hydrogen) atoms. The standard InChI is InChI=1S/C21H29NO6/c1-14-11-21(14,13-20(2,3)4)18(25)27-10-9-22-19(26)28-12-15-5-7-16(8-6-15)17(23)24/h5-8,14H,9-13H2,1-4H3,(H,22,26)(H,23,24). The molecule has 2 unspecified atom stereocenters. The number of hydrogen-bond acceptors (Lipinski definition) is 5. The van der Waals surface area contributed by atoms with Crippen molar-refractivity contribution in [2.45, 2.75) is 47.1 Å². The van der Waals surface area contributed by atoms with E-state index in [1.807, 2.05) is 0 Å². The molecule has 0 aromatic heterocycles. The maximum absolute atomic E-state index is 12.4. The molecular formula is C21H29NO6. The van der Waals surface area contributed by atoms with Crippen molar-refractivity contribution in [3.05, 3.63) is 35.4 Å². The highest BCUT2D eigenvalue weighted by Crippen LogP contribution is 2.59. The monoisotopic (exact) mass is 391 g/mol. The summed E-state index contributed by atoms with van der Waals surface area (Å²) in [4.78, 5) is 34.9. The molecule has 1 fully saturated rings. The molecule has 1 aliphatic rings. The van der Waals surface area contributed by atoms with Crippen molar-refractivity contribution in [2.75, 3.05) is 13.2 Å². The van der Waals surface area contributed by atoms with Crippen molar-refractivity contribution >= 4 is 18.0 Å². The van der Waals surface area contributed by atoms with Gasteiger partial charge in [0.25, 0.3) is 0 Å². The van der Waals surface area contributed by atoms with E-state index in [0.29, 0.717) is 11.5 Å². The molecule has 1 saturated carbocycles. The van der Waals surface area contributed by atoms with Gasteiger partial charge in [0, 0.05) is 0 Å². The third-order valence-corrected chi connectivity index (χ3v) is 4.88. The van der Waals surface area contributed by atoms with Gasteiger partial charge in [-0.1, -0.05) is 39.8 Å². The maximum Gasteiger partial charge on any atom is 0.407 e. The van der Waals surface area contributed by atoms with E-state index in [0.717, 1.165) is 12.8 Å². The van der Waals surface area contributed by atoms with E-state index in [1.165, 1.54) is 12.1 Å². The molecule has 7 nitrogen and oxygen atoms in total. The zero-order valence-corrected chi connectivity index (χ0v) is 16.9. The number of ether oxygens (including phenoxy) is 2. The number of aromatic carboxylic acids is 1. The van der Waals surface area contributed by atoms with Crippen LogP contribution in [0.15, 0.2) is 24.3 Å². The van der Waals surface area contributed by atoms with Crippen molar-refractivity contribution in [2.24, 2.45) is 16.7 Å². The van der Waals surface area contributed by atoms with Crippen LogP contribution in [0, 0.1) is 16.7 Å². The molecule has 0 bridgehead atoms. The Bertz CT molecular complexity index is 721. The lowest BCUT2D eigenvalue weighted by atomic mass is 9.81. The van der Waals surface area contributed by atoms with Gasteiger partial charge in [0.05, 0.1) is 17.5 Å². The summed E-state index contributed by atoms with van der Waals surface area (Å²) in [5.41, 5.74) is 0.512. The minimum absolute atomic E-state index is 0.0255. The minimum Gasteiger partial charge on any atom is -0.478 e. The number of carboxylic acids is 1. The first-order valence-corrected chi connectivity index (χ1v) is 9.43. The van der Waals surface area contributed by atoms with E-state index in [9.17, 15) is 14.4 Å². The zero-order chi connectivity index (χ0) is 20.9. The highest BCUT2D eigenvalue weighted by Gasteiger charge is 2.59. The topological polar surface area (TPSA) is 102 Å². The molecule has 154 valence electrons. The van der Waals surface area contributed by atoms with E-state index in [2.05, 4.69) is 33.0 Å². The number of nitrogens with one attached hydrogen (secondary N) is 1. The van der Waals surface area contributed by atoms with Gasteiger partial charge in [-0.25, -0.2) is 9.59 Å². The van der Waals surface area contributed by atoms with Crippen LogP contribution in [0.1, 0.15) is 56.5 Å². The number of benzene rings is 1. The molecule has 0 radical (unpaired) electrons. The largest absolute Gasteiger partial charge is 0.478 e. The summed E-state index contributed by atoms with van der Waals surface area (Å²) >= 11 is 0. The highest BCUT2D eigenvalue weighted by molar-refractivity contribution is 5.87. The molecule has 7 heteroatoms. The zero-order valence-electron chi connectivity index (χ0n) is 16.9. The molecule has 0 heterocycles. The molecule has 2 atom stereocenters. The third kappa shape index (κ3) is 5.97. The Balaban J connectivity index is 1.67. The molecule has 1 aliphatic carbocycles. The van der Waals surface area contributed by atoms with Gasteiger partial charge in [-0.05, 0) is 41.9 Å². The van der Waals surface area contributed by atoms with Crippen LogP contribution in [0.4, 0.5) is 4.79 Å². The van der Waals surface area contributed by atoms with Crippen LogP contribution in [-0.4, -0.2) is 36.3 Å². The fraction of sp³-hybridized carbons (Fsp3) is 0.571. The Morgan fingerprint density at radius 1 is 1.18 bits per heavy atom.